The van der Waals surface area contributed by atoms with Crippen LogP contribution in [0.1, 0.15) is 13.3 Å². The van der Waals surface area contributed by atoms with Crippen molar-refractivity contribution < 1.29 is 13.3 Å². The Kier molecular flexibility index (Phi) is 97.5. The third-order valence-corrected chi connectivity index (χ3v) is 3.61. The van der Waals surface area contributed by atoms with E-state index in [9.17, 15) is 0 Å². The third kappa shape index (κ3) is 252. The molecule has 0 saturated carbocycles. The Morgan fingerprint density at radius 2 is 1.13 bits per heavy atom. The molecule has 0 aromatic heterocycles. The van der Waals surface area contributed by atoms with Crippen LogP contribution in [0.15, 0.2) is 25.3 Å². The molecule has 0 bridgehead atoms. The van der Waals surface area contributed by atoms with Gasteiger partial charge in [0.2, 0.25) is 6.69 Å². The third-order valence-electron chi connectivity index (χ3n) is 1.01. The summed E-state index contributed by atoms with van der Waals surface area (Å²) in [5.74, 6) is 1.31. The molecule has 0 aromatic carbocycles. The van der Waals surface area contributed by atoms with Gasteiger partial charge in [-0.2, -0.15) is 22.2 Å². The number of hydrogen-bond acceptors (Lipinski definition) is 0. The maximum atomic E-state index is 5.99. The van der Waals surface area contributed by atoms with E-state index in [1.54, 1.807) is 12.2 Å². The summed E-state index contributed by atoms with van der Waals surface area (Å²) >= 11 is 42.4. The van der Waals surface area contributed by atoms with Crippen molar-refractivity contribution in [1.82, 2.24) is 0 Å². The minimum absolute atomic E-state index is 0. The van der Waals surface area contributed by atoms with Gasteiger partial charge < -0.3 is 0 Å². The fourth-order valence-electron chi connectivity index (χ4n) is 0.487. The summed E-state index contributed by atoms with van der Waals surface area (Å²) in [5, 5.41) is 0. The quantitative estimate of drug-likeness (QED) is 0.0866. The van der Waals surface area contributed by atoms with Gasteiger partial charge in [0, 0.05) is 49.0 Å². The molecule has 0 radical (unpaired) electrons. The Hall–Kier alpha value is 6.25. The molecule has 0 unspecified atom stereocenters. The molecule has 0 aromatic rings. The molecule has 0 aliphatic rings. The second-order valence-corrected chi connectivity index (χ2v) is 43.2. The zero-order valence-electron chi connectivity index (χ0n) is 18.5. The number of hydrogen-bond donors (Lipinski definition) is 0. The van der Waals surface area contributed by atoms with Crippen LogP contribution in [-0.4, -0.2) is 33.9 Å². The average molecular weight is 1280 g/mol. The summed E-state index contributed by atoms with van der Waals surface area (Å²) in [6, 6.07) is 1.14. The van der Waals surface area contributed by atoms with Crippen LogP contribution in [0.4, 0.5) is 0 Å². The number of allylic oxidation sites excluding steroid dienone is 2. The summed E-state index contributed by atoms with van der Waals surface area (Å²) in [5.41, 5.74) is 0. The summed E-state index contributed by atoms with van der Waals surface area (Å²) in [4.78, 5) is 0. The van der Waals surface area contributed by atoms with Crippen LogP contribution in [0, 0.1) is 0 Å². The molecule has 0 saturated heterocycles. The van der Waals surface area contributed by atoms with Gasteiger partial charge >= 0.3 is 50.5 Å². The molecule has 0 amide bonds. The predicted octanol–water partition coefficient (Wildman–Crippen LogP) is 10.2. The first-order chi connectivity index (χ1) is 13.0. The predicted molar refractivity (Wildman–Crippen MR) is 206 cm³/mol. The van der Waals surface area contributed by atoms with E-state index in [-0.39, 0.29) is 24.0 Å². The van der Waals surface area contributed by atoms with Gasteiger partial charge in [0.1, 0.15) is 8.11 Å². The number of halogens is 12. The molecule has 0 spiro atoms. The first-order valence-electron chi connectivity index (χ1n) is 8.06. The van der Waals surface area contributed by atoms with E-state index in [0.29, 0.717) is 19.1 Å². The Bertz CT molecular complexity index is 263. The Balaban J connectivity index is -0.0000000327. The van der Waals surface area contributed by atoms with Crippen LogP contribution in [0.25, 0.3) is 0 Å². The van der Waals surface area contributed by atoms with Gasteiger partial charge in [-0.05, 0) is 32.5 Å². The molecule has 0 N–H and O–H groups in total. The molecule has 194 valence electrons. The van der Waals surface area contributed by atoms with Crippen molar-refractivity contribution in [1.29, 1.82) is 0 Å². The van der Waals surface area contributed by atoms with Crippen LogP contribution in [-0.2, 0) is 0 Å². The molecule has 0 fully saturated rings. The zero-order valence-corrected chi connectivity index (χ0v) is 39.3. The van der Waals surface area contributed by atoms with Gasteiger partial charge in [-0.3, -0.25) is 0 Å². The van der Waals surface area contributed by atoms with E-state index in [1.807, 2.05) is 20.0 Å². The van der Waals surface area contributed by atoms with Crippen molar-refractivity contribution in [2.75, 3.05) is 11.8 Å². The van der Waals surface area contributed by atoms with Crippen molar-refractivity contribution in [3.05, 3.63) is 25.3 Å². The monoisotopic (exact) mass is 1270 g/mol. The maximum absolute atomic E-state index is 5.99. The van der Waals surface area contributed by atoms with Gasteiger partial charge in [0.15, 0.2) is 7.38 Å². The minimum atomic E-state index is -1.67. The van der Waals surface area contributed by atoms with Gasteiger partial charge in [-0.1, -0.05) is 38.3 Å². The number of alkyl halides is 2. The van der Waals surface area contributed by atoms with E-state index in [4.69, 9.17) is 67.5 Å². The molecular weight excluding hydrogens is 1240 g/mol. The van der Waals surface area contributed by atoms with Gasteiger partial charge in [0.05, 0.1) is 0 Å². The van der Waals surface area contributed by atoms with Gasteiger partial charge in [-0.25, -0.2) is 0 Å². The Morgan fingerprint density at radius 3 is 1.17 bits per heavy atom. The van der Waals surface area contributed by atoms with E-state index in [2.05, 4.69) is 114 Å². The SMILES string of the molecule is C=CC.C=CCCl.C[SiH](C)Cl.C[Si](C)(Cl)CCCCl.C[Si](C)(Cl)Cl.I.II.I[I-]I. The van der Waals surface area contributed by atoms with Crippen LogP contribution in [0.2, 0.25) is 45.3 Å². The Morgan fingerprint density at radius 1 is 0.967 bits per heavy atom. The topological polar surface area (TPSA) is 0 Å². The number of rotatable bonds is 4. The van der Waals surface area contributed by atoms with Crippen LogP contribution in [0.3, 0.4) is 0 Å². The van der Waals surface area contributed by atoms with Gasteiger partial charge in [-0.15, -0.1) is 82.5 Å². The van der Waals surface area contributed by atoms with E-state index in [0.717, 1.165) is 18.3 Å². The van der Waals surface area contributed by atoms with Crippen LogP contribution in [0.5, 0.6) is 0 Å². The molecule has 0 aliphatic heterocycles. The summed E-state index contributed by atoms with van der Waals surface area (Å²) in [7, 11) is -1.96. The van der Waals surface area contributed by atoms with E-state index < -0.39 is 22.2 Å². The second-order valence-electron chi connectivity index (χ2n) is 5.76. The molecule has 15 heteroatoms. The van der Waals surface area contributed by atoms with Crippen LogP contribution >= 0.6 is 166 Å². The fraction of sp³-hybridized carbons (Fsp3) is 0.733. The van der Waals surface area contributed by atoms with Crippen molar-refractivity contribution >= 4 is 188 Å². The molecule has 0 atom stereocenters. The molecule has 30 heavy (non-hydrogen) atoms. The van der Waals surface area contributed by atoms with E-state index >= 15 is 0 Å². The first-order valence-corrected chi connectivity index (χ1v) is 41.3. The van der Waals surface area contributed by atoms with Crippen molar-refractivity contribution in [3.63, 3.8) is 0 Å². The van der Waals surface area contributed by atoms with Crippen molar-refractivity contribution in [3.8, 4) is 0 Å². The summed E-state index contributed by atoms with van der Waals surface area (Å²) < 4.78 is 0. The second kappa shape index (κ2) is 51.8. The summed E-state index contributed by atoms with van der Waals surface area (Å²) in [6.45, 7) is 19.1. The van der Waals surface area contributed by atoms with Crippen molar-refractivity contribution in [2.24, 2.45) is 0 Å². The standard InChI is InChI=1S/C5H12Cl2Si.C3H5Cl.C3H6.C2H6Cl2Si.C2H7ClSi.I3.I2.HI/c1-8(2,7)5-3-4-6;1-2-3-4;1-3-2;1-5(2,3)4;1-4(2)3;1-3-2;1-2;/h3-5H2,1-2H3;2H,1,3H2;3H,1H2,2H3;1-2H3;4H,1-2H3;;;1H/q;;;;;-1;;. The fourth-order valence-corrected chi connectivity index (χ4v) is 2.26. The van der Waals surface area contributed by atoms with E-state index in [1.165, 1.54) is 0 Å². The zero-order chi connectivity index (χ0) is 25.5. The summed E-state index contributed by atoms with van der Waals surface area (Å²) in [6.07, 6.45) is 4.46. The van der Waals surface area contributed by atoms with Gasteiger partial charge in [0.25, 0.3) is 0 Å². The molecule has 0 rings (SSSR count). The normalized spacial score (nSPS) is 8.60. The molecule has 0 aliphatic carbocycles. The van der Waals surface area contributed by atoms with Crippen molar-refractivity contribution in [2.45, 2.75) is 58.7 Å². The molecular formula is C15H37Cl6I6Si3-. The first kappa shape index (κ1) is 56.4. The molecule has 0 heterocycles. The van der Waals surface area contributed by atoms with Crippen LogP contribution < -0.4 is 13.3 Å². The Labute approximate surface area is 291 Å². The average Bonchev–Trinajstić information content (AvgIpc) is 2.54. The molecule has 0 nitrogen and oxygen atoms in total.